The minimum atomic E-state index is 0.306. The molecule has 0 saturated heterocycles. The van der Waals surface area contributed by atoms with Gasteiger partial charge in [0.25, 0.3) is 0 Å². The third-order valence-electron chi connectivity index (χ3n) is 3.34. The number of thiophene rings is 1. The standard InChI is InChI=1S/C13H19NOS/c1-14(10-12-7-4-8-16-12)13(15)9-11-5-2-3-6-11/h4,7-8,11H,2-3,5-6,9-10H2,1H3. The molecule has 16 heavy (non-hydrogen) atoms. The highest BCUT2D eigenvalue weighted by Gasteiger charge is 2.20. The van der Waals surface area contributed by atoms with E-state index >= 15 is 0 Å². The van der Waals surface area contributed by atoms with E-state index in [9.17, 15) is 4.79 Å². The predicted molar refractivity (Wildman–Crippen MR) is 67.4 cm³/mol. The van der Waals surface area contributed by atoms with Crippen LogP contribution >= 0.6 is 11.3 Å². The zero-order valence-electron chi connectivity index (χ0n) is 9.82. The van der Waals surface area contributed by atoms with Crippen LogP contribution in [0.4, 0.5) is 0 Å². The maximum atomic E-state index is 12.0. The second-order valence-electron chi connectivity index (χ2n) is 4.68. The normalized spacial score (nSPS) is 16.6. The van der Waals surface area contributed by atoms with Crippen molar-refractivity contribution in [2.75, 3.05) is 7.05 Å². The first-order valence-electron chi connectivity index (χ1n) is 6.02. The van der Waals surface area contributed by atoms with Crippen LogP contribution in [0.1, 0.15) is 37.0 Å². The highest BCUT2D eigenvalue weighted by molar-refractivity contribution is 7.09. The van der Waals surface area contributed by atoms with E-state index in [0.29, 0.717) is 11.8 Å². The molecule has 0 aromatic carbocycles. The molecule has 0 aliphatic heterocycles. The SMILES string of the molecule is CN(Cc1cccs1)C(=O)CC1CCCC1. The smallest absolute Gasteiger partial charge is 0.222 e. The van der Waals surface area contributed by atoms with Gasteiger partial charge in [0.05, 0.1) is 6.54 Å². The molecule has 0 bridgehead atoms. The van der Waals surface area contributed by atoms with Gasteiger partial charge in [-0.05, 0) is 30.2 Å². The summed E-state index contributed by atoms with van der Waals surface area (Å²) >= 11 is 1.72. The van der Waals surface area contributed by atoms with Crippen molar-refractivity contribution < 1.29 is 4.79 Å². The lowest BCUT2D eigenvalue weighted by molar-refractivity contribution is -0.131. The van der Waals surface area contributed by atoms with Gasteiger partial charge in [-0.15, -0.1) is 11.3 Å². The molecule has 0 radical (unpaired) electrons. The van der Waals surface area contributed by atoms with Gasteiger partial charge in [0, 0.05) is 18.3 Å². The van der Waals surface area contributed by atoms with Gasteiger partial charge in [0.1, 0.15) is 0 Å². The van der Waals surface area contributed by atoms with Crippen LogP contribution in [0, 0.1) is 5.92 Å². The molecule has 3 heteroatoms. The first-order chi connectivity index (χ1) is 7.75. The summed E-state index contributed by atoms with van der Waals surface area (Å²) in [4.78, 5) is 15.1. The van der Waals surface area contributed by atoms with E-state index in [-0.39, 0.29) is 0 Å². The van der Waals surface area contributed by atoms with Crippen molar-refractivity contribution in [3.63, 3.8) is 0 Å². The number of hydrogen-bond donors (Lipinski definition) is 0. The summed E-state index contributed by atoms with van der Waals surface area (Å²) in [5, 5.41) is 2.06. The van der Waals surface area contributed by atoms with Crippen molar-refractivity contribution in [2.24, 2.45) is 5.92 Å². The Morgan fingerprint density at radius 1 is 1.50 bits per heavy atom. The van der Waals surface area contributed by atoms with E-state index in [1.165, 1.54) is 30.6 Å². The van der Waals surface area contributed by atoms with Gasteiger partial charge >= 0.3 is 0 Å². The fourth-order valence-corrected chi connectivity index (χ4v) is 3.10. The van der Waals surface area contributed by atoms with Crippen LogP contribution in [0.15, 0.2) is 17.5 Å². The van der Waals surface area contributed by atoms with Crippen LogP contribution in [0.2, 0.25) is 0 Å². The van der Waals surface area contributed by atoms with Crippen molar-refractivity contribution in [1.29, 1.82) is 0 Å². The van der Waals surface area contributed by atoms with Crippen LogP contribution in [0.5, 0.6) is 0 Å². The Bertz CT molecular complexity index is 328. The van der Waals surface area contributed by atoms with Gasteiger partial charge in [-0.25, -0.2) is 0 Å². The summed E-state index contributed by atoms with van der Waals surface area (Å²) in [6.45, 7) is 0.767. The van der Waals surface area contributed by atoms with E-state index < -0.39 is 0 Å². The Kier molecular flexibility index (Phi) is 3.99. The summed E-state index contributed by atoms with van der Waals surface area (Å²) in [6.07, 6.45) is 5.87. The molecular formula is C13H19NOS. The topological polar surface area (TPSA) is 20.3 Å². The Morgan fingerprint density at radius 2 is 2.25 bits per heavy atom. The minimum Gasteiger partial charge on any atom is -0.341 e. The fraction of sp³-hybridized carbons (Fsp3) is 0.615. The number of carbonyl (C=O) groups excluding carboxylic acids is 1. The molecule has 1 saturated carbocycles. The molecule has 0 unspecified atom stereocenters. The maximum absolute atomic E-state index is 12.0. The number of carbonyl (C=O) groups is 1. The Balaban J connectivity index is 1.79. The monoisotopic (exact) mass is 237 g/mol. The van der Waals surface area contributed by atoms with Gasteiger partial charge < -0.3 is 4.90 Å². The quantitative estimate of drug-likeness (QED) is 0.787. The van der Waals surface area contributed by atoms with Crippen molar-refractivity contribution in [1.82, 2.24) is 4.90 Å². The number of amides is 1. The highest BCUT2D eigenvalue weighted by Crippen LogP contribution is 2.28. The molecule has 1 aromatic rings. The number of hydrogen-bond acceptors (Lipinski definition) is 2. The van der Waals surface area contributed by atoms with E-state index in [1.54, 1.807) is 11.3 Å². The number of nitrogens with zero attached hydrogens (tertiary/aromatic N) is 1. The largest absolute Gasteiger partial charge is 0.341 e. The Morgan fingerprint density at radius 3 is 2.88 bits per heavy atom. The Hall–Kier alpha value is -0.830. The van der Waals surface area contributed by atoms with Crippen LogP contribution < -0.4 is 0 Å². The molecule has 1 heterocycles. The lowest BCUT2D eigenvalue weighted by atomic mass is 10.0. The van der Waals surface area contributed by atoms with Crippen molar-refractivity contribution in [2.45, 2.75) is 38.6 Å². The fourth-order valence-electron chi connectivity index (χ4n) is 2.34. The summed E-state index contributed by atoms with van der Waals surface area (Å²) < 4.78 is 0. The number of rotatable bonds is 4. The highest BCUT2D eigenvalue weighted by atomic mass is 32.1. The van der Waals surface area contributed by atoms with Crippen molar-refractivity contribution >= 4 is 17.2 Å². The molecular weight excluding hydrogens is 218 g/mol. The average Bonchev–Trinajstić information content (AvgIpc) is 2.90. The van der Waals surface area contributed by atoms with E-state index in [4.69, 9.17) is 0 Å². The second kappa shape index (κ2) is 5.48. The first kappa shape index (κ1) is 11.6. The zero-order chi connectivity index (χ0) is 11.4. The molecule has 88 valence electrons. The van der Waals surface area contributed by atoms with Crippen molar-refractivity contribution in [3.8, 4) is 0 Å². The van der Waals surface area contributed by atoms with Crippen LogP contribution in [-0.2, 0) is 11.3 Å². The van der Waals surface area contributed by atoms with E-state index in [0.717, 1.165) is 13.0 Å². The van der Waals surface area contributed by atoms with Gasteiger partial charge in [0.15, 0.2) is 0 Å². The van der Waals surface area contributed by atoms with Gasteiger partial charge in [-0.1, -0.05) is 18.9 Å². The second-order valence-corrected chi connectivity index (χ2v) is 5.72. The molecule has 0 spiro atoms. The van der Waals surface area contributed by atoms with E-state index in [2.05, 4.69) is 11.4 Å². The molecule has 1 aliphatic rings. The average molecular weight is 237 g/mol. The molecule has 2 nitrogen and oxygen atoms in total. The summed E-state index contributed by atoms with van der Waals surface area (Å²) in [5.74, 6) is 0.957. The van der Waals surface area contributed by atoms with Gasteiger partial charge in [-0.3, -0.25) is 4.79 Å². The molecule has 1 aromatic heterocycles. The van der Waals surface area contributed by atoms with Gasteiger partial charge in [0.2, 0.25) is 5.91 Å². The maximum Gasteiger partial charge on any atom is 0.222 e. The molecule has 2 rings (SSSR count). The van der Waals surface area contributed by atoms with Crippen molar-refractivity contribution in [3.05, 3.63) is 22.4 Å². The molecule has 0 atom stereocenters. The molecule has 1 fully saturated rings. The lowest BCUT2D eigenvalue weighted by Gasteiger charge is -2.18. The van der Waals surface area contributed by atoms with Crippen LogP contribution in [-0.4, -0.2) is 17.9 Å². The predicted octanol–water partition coefficient (Wildman–Crippen LogP) is 3.29. The van der Waals surface area contributed by atoms with Crippen LogP contribution in [0.25, 0.3) is 0 Å². The summed E-state index contributed by atoms with van der Waals surface area (Å²) in [6, 6.07) is 4.12. The van der Waals surface area contributed by atoms with Crippen LogP contribution in [0.3, 0.4) is 0 Å². The summed E-state index contributed by atoms with van der Waals surface area (Å²) in [5.41, 5.74) is 0. The van der Waals surface area contributed by atoms with Gasteiger partial charge in [-0.2, -0.15) is 0 Å². The molecule has 0 N–H and O–H groups in total. The van der Waals surface area contributed by atoms with E-state index in [1.807, 2.05) is 18.0 Å². The minimum absolute atomic E-state index is 0.306. The third-order valence-corrected chi connectivity index (χ3v) is 4.20. The summed E-state index contributed by atoms with van der Waals surface area (Å²) in [7, 11) is 1.91. The zero-order valence-corrected chi connectivity index (χ0v) is 10.6. The third kappa shape index (κ3) is 3.08. The Labute approximate surface area is 101 Å². The lowest BCUT2D eigenvalue weighted by Crippen LogP contribution is -2.27. The molecule has 1 aliphatic carbocycles. The first-order valence-corrected chi connectivity index (χ1v) is 6.90. The molecule has 1 amide bonds.